The molecule has 0 saturated carbocycles. The summed E-state index contributed by atoms with van der Waals surface area (Å²) in [6, 6.07) is 2.67. The van der Waals surface area contributed by atoms with Crippen LogP contribution in [0, 0.1) is 28.5 Å². The van der Waals surface area contributed by atoms with Crippen molar-refractivity contribution in [3.8, 4) is 23.6 Å². The number of halogens is 2. The van der Waals surface area contributed by atoms with Crippen molar-refractivity contribution < 1.29 is 14.6 Å². The van der Waals surface area contributed by atoms with Gasteiger partial charge >= 0.3 is 0 Å². The van der Waals surface area contributed by atoms with E-state index in [4.69, 9.17) is 32.3 Å². The molecule has 0 fully saturated rings. The Kier molecular flexibility index (Phi) is 2.46. The maximum Gasteiger partial charge on any atom is 0.166 e. The van der Waals surface area contributed by atoms with Crippen molar-refractivity contribution in [3.05, 3.63) is 22.0 Å². The van der Waals surface area contributed by atoms with Crippen LogP contribution in [0.5, 0.6) is 11.5 Å². The average Bonchev–Trinajstić information content (AvgIpc) is 2.16. The standard InChI is InChI=1S/C8H2ClFN2O2/c9-5-7(13)3(1-11)6(10)4(2-12)8(5)14/h13-14H. The predicted octanol–water partition coefficient (Wildman–Crippen LogP) is 1.63. The van der Waals surface area contributed by atoms with Gasteiger partial charge in [0.25, 0.3) is 0 Å². The smallest absolute Gasteiger partial charge is 0.166 e. The molecule has 0 spiro atoms. The van der Waals surface area contributed by atoms with Crippen LogP contribution in [0.15, 0.2) is 0 Å². The molecule has 0 bridgehead atoms. The highest BCUT2D eigenvalue weighted by atomic mass is 35.5. The quantitative estimate of drug-likeness (QED) is 0.684. The molecule has 6 heteroatoms. The highest BCUT2D eigenvalue weighted by Gasteiger charge is 2.22. The van der Waals surface area contributed by atoms with E-state index in [0.29, 0.717) is 0 Å². The number of phenols is 2. The Bertz CT molecular complexity index is 447. The number of nitriles is 2. The van der Waals surface area contributed by atoms with Gasteiger partial charge < -0.3 is 10.2 Å². The fourth-order valence-electron chi connectivity index (χ4n) is 0.869. The Labute approximate surface area is 83.0 Å². The van der Waals surface area contributed by atoms with Gasteiger partial charge in [-0.25, -0.2) is 4.39 Å². The molecule has 70 valence electrons. The van der Waals surface area contributed by atoms with E-state index in [0.717, 1.165) is 0 Å². The Hall–Kier alpha value is -1.98. The Balaban J connectivity index is 3.78. The molecule has 1 aromatic carbocycles. The molecule has 0 amide bonds. The first-order chi connectivity index (χ1) is 6.54. The van der Waals surface area contributed by atoms with Crippen LogP contribution in [0.1, 0.15) is 11.1 Å². The molecule has 4 nitrogen and oxygen atoms in total. The van der Waals surface area contributed by atoms with Crippen molar-refractivity contribution in [3.63, 3.8) is 0 Å². The molecule has 0 atom stereocenters. The second-order valence-corrected chi connectivity index (χ2v) is 2.68. The van der Waals surface area contributed by atoms with Crippen LogP contribution in [0.4, 0.5) is 4.39 Å². The summed E-state index contributed by atoms with van der Waals surface area (Å²) in [7, 11) is 0. The maximum atomic E-state index is 13.2. The lowest BCUT2D eigenvalue weighted by atomic mass is 10.1. The van der Waals surface area contributed by atoms with Gasteiger partial charge in [0.1, 0.15) is 28.3 Å². The van der Waals surface area contributed by atoms with Crippen LogP contribution >= 0.6 is 11.6 Å². The molecule has 0 aliphatic carbocycles. The van der Waals surface area contributed by atoms with Gasteiger partial charge in [-0.05, 0) is 0 Å². The molecule has 1 rings (SSSR count). The van der Waals surface area contributed by atoms with E-state index >= 15 is 0 Å². The fourth-order valence-corrected chi connectivity index (χ4v) is 1.06. The van der Waals surface area contributed by atoms with Crippen molar-refractivity contribution in [2.75, 3.05) is 0 Å². The zero-order valence-electron chi connectivity index (χ0n) is 6.54. The van der Waals surface area contributed by atoms with Crippen LogP contribution in [-0.4, -0.2) is 10.2 Å². The van der Waals surface area contributed by atoms with E-state index in [1.165, 1.54) is 12.1 Å². The molecular formula is C8H2ClFN2O2. The molecule has 0 heterocycles. The van der Waals surface area contributed by atoms with Crippen molar-refractivity contribution in [1.82, 2.24) is 0 Å². The third kappa shape index (κ3) is 1.20. The number of hydrogen-bond donors (Lipinski definition) is 2. The number of hydrogen-bond acceptors (Lipinski definition) is 4. The molecule has 0 radical (unpaired) electrons. The fraction of sp³-hybridized carbons (Fsp3) is 0. The second kappa shape index (κ2) is 3.41. The van der Waals surface area contributed by atoms with Crippen LogP contribution in [0.25, 0.3) is 0 Å². The van der Waals surface area contributed by atoms with E-state index in [9.17, 15) is 4.39 Å². The van der Waals surface area contributed by atoms with E-state index in [1.807, 2.05) is 0 Å². The third-order valence-corrected chi connectivity index (χ3v) is 1.91. The van der Waals surface area contributed by atoms with Crippen molar-refractivity contribution in [1.29, 1.82) is 10.5 Å². The monoisotopic (exact) mass is 212 g/mol. The summed E-state index contributed by atoms with van der Waals surface area (Å²) in [6.07, 6.45) is 0. The minimum Gasteiger partial charge on any atom is -0.505 e. The lowest BCUT2D eigenvalue weighted by Crippen LogP contribution is -1.92. The Morgan fingerprint density at radius 2 is 1.43 bits per heavy atom. The van der Waals surface area contributed by atoms with Gasteiger partial charge in [-0.15, -0.1) is 0 Å². The number of benzene rings is 1. The molecule has 0 saturated heterocycles. The molecule has 0 aliphatic heterocycles. The number of rotatable bonds is 0. The minimum absolute atomic E-state index is 0.612. The predicted molar refractivity (Wildman–Crippen MR) is 44.2 cm³/mol. The van der Waals surface area contributed by atoms with Crippen LogP contribution < -0.4 is 0 Å². The molecule has 1 aromatic rings. The third-order valence-electron chi connectivity index (χ3n) is 1.55. The lowest BCUT2D eigenvalue weighted by Gasteiger charge is -2.05. The molecule has 0 unspecified atom stereocenters. The SMILES string of the molecule is N#Cc1c(O)c(Cl)c(O)c(C#N)c1F. The molecule has 0 aliphatic rings. The largest absolute Gasteiger partial charge is 0.505 e. The normalized spacial score (nSPS) is 9.14. The number of aromatic hydroxyl groups is 2. The summed E-state index contributed by atoms with van der Waals surface area (Å²) in [5, 5.41) is 34.5. The van der Waals surface area contributed by atoms with Crippen molar-refractivity contribution in [2.24, 2.45) is 0 Å². The van der Waals surface area contributed by atoms with Gasteiger partial charge in [0.15, 0.2) is 17.3 Å². The van der Waals surface area contributed by atoms with E-state index in [2.05, 4.69) is 0 Å². The molecule has 2 N–H and O–H groups in total. The molecule has 0 aromatic heterocycles. The molecule has 14 heavy (non-hydrogen) atoms. The zero-order chi connectivity index (χ0) is 10.9. The van der Waals surface area contributed by atoms with E-state index < -0.39 is 33.5 Å². The number of nitrogens with zero attached hydrogens (tertiary/aromatic N) is 2. The van der Waals surface area contributed by atoms with Gasteiger partial charge in [0, 0.05) is 0 Å². The highest BCUT2D eigenvalue weighted by molar-refractivity contribution is 6.33. The van der Waals surface area contributed by atoms with Gasteiger partial charge in [0.2, 0.25) is 0 Å². The highest BCUT2D eigenvalue weighted by Crippen LogP contribution is 2.39. The topological polar surface area (TPSA) is 88.0 Å². The van der Waals surface area contributed by atoms with E-state index in [-0.39, 0.29) is 0 Å². The first kappa shape index (κ1) is 10.1. The summed E-state index contributed by atoms with van der Waals surface area (Å²) in [4.78, 5) is 0. The molecular weight excluding hydrogens is 211 g/mol. The summed E-state index contributed by atoms with van der Waals surface area (Å²) in [5.41, 5.74) is -1.52. The van der Waals surface area contributed by atoms with Gasteiger partial charge in [-0.2, -0.15) is 10.5 Å². The van der Waals surface area contributed by atoms with Gasteiger partial charge in [0.05, 0.1) is 0 Å². The lowest BCUT2D eigenvalue weighted by molar-refractivity contribution is 0.438. The first-order valence-electron chi connectivity index (χ1n) is 3.27. The summed E-state index contributed by atoms with van der Waals surface area (Å²) >= 11 is 5.35. The average molecular weight is 213 g/mol. The first-order valence-corrected chi connectivity index (χ1v) is 3.65. The Morgan fingerprint density at radius 1 is 1.07 bits per heavy atom. The number of phenolic OH excluding ortho intramolecular Hbond substituents is 2. The van der Waals surface area contributed by atoms with Crippen LogP contribution in [-0.2, 0) is 0 Å². The zero-order valence-corrected chi connectivity index (χ0v) is 7.30. The minimum atomic E-state index is -1.28. The maximum absolute atomic E-state index is 13.2. The van der Waals surface area contributed by atoms with Gasteiger partial charge in [-0.3, -0.25) is 0 Å². The van der Waals surface area contributed by atoms with Crippen LogP contribution in [0.3, 0.4) is 0 Å². The second-order valence-electron chi connectivity index (χ2n) is 2.30. The van der Waals surface area contributed by atoms with Gasteiger partial charge in [-0.1, -0.05) is 11.6 Å². The van der Waals surface area contributed by atoms with Crippen molar-refractivity contribution in [2.45, 2.75) is 0 Å². The van der Waals surface area contributed by atoms with E-state index in [1.54, 1.807) is 0 Å². The van der Waals surface area contributed by atoms with Crippen LogP contribution in [0.2, 0.25) is 5.02 Å². The van der Waals surface area contributed by atoms with Crippen molar-refractivity contribution >= 4 is 11.6 Å². The summed E-state index contributed by atoms with van der Waals surface area (Å²) in [6.45, 7) is 0. The summed E-state index contributed by atoms with van der Waals surface area (Å²) in [5.74, 6) is -3.03. The summed E-state index contributed by atoms with van der Waals surface area (Å²) < 4.78 is 13.2. The Morgan fingerprint density at radius 3 is 1.71 bits per heavy atom.